The van der Waals surface area contributed by atoms with Gasteiger partial charge in [-0.1, -0.05) is 83.5 Å². The minimum Gasteiger partial charge on any atom is -0.790 e. The Bertz CT molecular complexity index is 1220. The average molecular weight is 627 g/mol. The zero-order valence-electron chi connectivity index (χ0n) is 25.9. The molecule has 0 radical (unpaired) electrons. The second-order valence-corrected chi connectivity index (χ2v) is 9.87. The topological polar surface area (TPSA) is 125 Å². The maximum atomic E-state index is 12.2. The van der Waals surface area contributed by atoms with Crippen molar-refractivity contribution in [3.63, 3.8) is 0 Å². The van der Waals surface area contributed by atoms with E-state index in [0.717, 1.165) is 19.3 Å². The first-order chi connectivity index (χ1) is 19.8. The summed E-state index contributed by atoms with van der Waals surface area (Å²) in [6.07, 6.45) is 12.5. The van der Waals surface area contributed by atoms with Crippen LogP contribution in [0.25, 0.3) is 0 Å². The van der Waals surface area contributed by atoms with Gasteiger partial charge in [0.2, 0.25) is 0 Å². The SMILES string of the molecule is CC#CC#CC#CC#CC#CC#CC(=O)OC[C@@H](COP(=O)([O-])[O-])OC(=O)CCCCCCCCCCCCCC.[Na+].[Na+]. The van der Waals surface area contributed by atoms with Crippen molar-refractivity contribution < 1.29 is 97.1 Å². The van der Waals surface area contributed by atoms with Crippen molar-refractivity contribution in [2.45, 2.75) is 103 Å². The third-order valence-electron chi connectivity index (χ3n) is 5.20. The van der Waals surface area contributed by atoms with Crippen LogP contribution < -0.4 is 68.9 Å². The summed E-state index contributed by atoms with van der Waals surface area (Å²) in [4.78, 5) is 45.6. The standard InChI is InChI=1S/C32H39O8P.2Na/c1-3-5-7-9-11-13-15-17-19-21-23-25-27-32(34)40-30(29-39-41(35,36)37)28-38-31(33)26-24-22-20-18-16-14-12-10-8-6-4-2;;/h30H,3,5,7,9,11,13,15,17,19,21,23,25,27-29H2,1-2H3,(H2,35,36,37);;/q;2*+1/p-2/t30-;;/m0../s1. The van der Waals surface area contributed by atoms with E-state index in [1.807, 2.05) is 0 Å². The minimum atomic E-state index is -5.31. The van der Waals surface area contributed by atoms with Crippen LogP contribution in [0.1, 0.15) is 97.3 Å². The number of hydrogen-bond acceptors (Lipinski definition) is 8. The van der Waals surface area contributed by atoms with Crippen LogP contribution in [-0.2, 0) is 28.2 Å². The number of phosphoric ester groups is 1. The number of phosphoric acid groups is 1. The molecule has 0 unspecified atom stereocenters. The maximum Gasteiger partial charge on any atom is 1.00 e. The van der Waals surface area contributed by atoms with Gasteiger partial charge in [0.15, 0.2) is 6.10 Å². The predicted molar refractivity (Wildman–Crippen MR) is 152 cm³/mol. The smallest absolute Gasteiger partial charge is 0.790 e. The molecule has 0 aromatic rings. The summed E-state index contributed by atoms with van der Waals surface area (Å²) in [7, 11) is -5.31. The van der Waals surface area contributed by atoms with Crippen LogP contribution >= 0.6 is 7.82 Å². The molecule has 0 aromatic carbocycles. The molecular weight excluding hydrogens is 589 g/mol. The van der Waals surface area contributed by atoms with Crippen molar-refractivity contribution >= 4 is 19.8 Å². The Hall–Kier alpha value is -1.59. The van der Waals surface area contributed by atoms with Crippen LogP contribution in [0.2, 0.25) is 0 Å². The molecule has 0 spiro atoms. The van der Waals surface area contributed by atoms with Gasteiger partial charge in [0.05, 0.1) is 14.4 Å². The van der Waals surface area contributed by atoms with Crippen LogP contribution in [0.3, 0.4) is 0 Å². The van der Waals surface area contributed by atoms with Gasteiger partial charge in [0.1, 0.15) is 6.61 Å². The molecular formula is C32H37Na2O8P. The van der Waals surface area contributed by atoms with Crippen molar-refractivity contribution in [2.75, 3.05) is 13.2 Å². The summed E-state index contributed by atoms with van der Waals surface area (Å²) in [6, 6.07) is 0. The molecule has 0 amide bonds. The largest absolute Gasteiger partial charge is 1.00 e. The van der Waals surface area contributed by atoms with Gasteiger partial charge in [-0.2, -0.15) is 0 Å². The minimum absolute atomic E-state index is 0. The Kier molecular flexibility index (Phi) is 35.5. The average Bonchev–Trinajstić information content (AvgIpc) is 2.93. The zero-order chi connectivity index (χ0) is 30.4. The maximum absolute atomic E-state index is 12.2. The van der Waals surface area contributed by atoms with Crippen LogP contribution in [-0.4, -0.2) is 31.3 Å². The molecule has 11 heteroatoms. The van der Waals surface area contributed by atoms with Gasteiger partial charge >= 0.3 is 71.1 Å². The van der Waals surface area contributed by atoms with Gasteiger partial charge in [0.25, 0.3) is 0 Å². The first kappa shape index (κ1) is 45.8. The first-order valence-corrected chi connectivity index (χ1v) is 15.2. The number of rotatable bonds is 19. The summed E-state index contributed by atoms with van der Waals surface area (Å²) in [5.74, 6) is 27.1. The van der Waals surface area contributed by atoms with E-state index < -0.39 is 39.1 Å². The predicted octanol–water partition coefficient (Wildman–Crippen LogP) is -2.57. The molecule has 220 valence electrons. The van der Waals surface area contributed by atoms with E-state index in [4.69, 9.17) is 9.47 Å². The molecule has 0 heterocycles. The van der Waals surface area contributed by atoms with E-state index in [-0.39, 0.29) is 65.5 Å². The van der Waals surface area contributed by atoms with Crippen molar-refractivity contribution in [3.8, 4) is 71.0 Å². The summed E-state index contributed by atoms with van der Waals surface area (Å²) < 4.78 is 25.0. The third kappa shape index (κ3) is 36.5. The second kappa shape index (κ2) is 33.3. The van der Waals surface area contributed by atoms with Gasteiger partial charge in [-0.3, -0.25) is 4.79 Å². The van der Waals surface area contributed by atoms with Crippen LogP contribution in [0.4, 0.5) is 0 Å². The molecule has 43 heavy (non-hydrogen) atoms. The van der Waals surface area contributed by atoms with Crippen molar-refractivity contribution in [2.24, 2.45) is 0 Å². The van der Waals surface area contributed by atoms with E-state index >= 15 is 0 Å². The molecule has 0 fully saturated rings. The summed E-state index contributed by atoms with van der Waals surface area (Å²) in [5, 5.41) is 0. The Labute approximate surface area is 302 Å². The molecule has 0 N–H and O–H groups in total. The third-order valence-corrected chi connectivity index (χ3v) is 5.67. The van der Waals surface area contributed by atoms with E-state index in [1.165, 1.54) is 51.4 Å². The quantitative estimate of drug-likeness (QED) is 0.0383. The van der Waals surface area contributed by atoms with Crippen LogP contribution in [0, 0.1) is 71.0 Å². The molecule has 0 saturated heterocycles. The number of unbranched alkanes of at least 4 members (excludes halogenated alkanes) is 11. The van der Waals surface area contributed by atoms with Crippen molar-refractivity contribution in [3.05, 3.63) is 0 Å². The molecule has 1 atom stereocenters. The number of ether oxygens (including phenoxy) is 2. The second-order valence-electron chi connectivity index (χ2n) is 8.72. The normalized spacial score (nSPS) is 9.58. The van der Waals surface area contributed by atoms with E-state index in [2.05, 4.69) is 82.5 Å². The van der Waals surface area contributed by atoms with Crippen LogP contribution in [0.15, 0.2) is 0 Å². The zero-order valence-corrected chi connectivity index (χ0v) is 30.8. The van der Waals surface area contributed by atoms with Crippen LogP contribution in [0.5, 0.6) is 0 Å². The molecule has 0 aliphatic rings. The number of esters is 2. The fourth-order valence-electron chi connectivity index (χ4n) is 3.25. The van der Waals surface area contributed by atoms with Crippen molar-refractivity contribution in [1.29, 1.82) is 0 Å². The monoisotopic (exact) mass is 626 g/mol. The Morgan fingerprint density at radius 3 is 1.58 bits per heavy atom. The van der Waals surface area contributed by atoms with Crippen molar-refractivity contribution in [1.82, 2.24) is 0 Å². The van der Waals surface area contributed by atoms with E-state index in [1.54, 1.807) is 6.92 Å². The molecule has 0 aliphatic carbocycles. The fourth-order valence-corrected chi connectivity index (χ4v) is 3.59. The number of carbonyl (C=O) groups excluding carboxylic acids is 2. The molecule has 0 rings (SSSR count). The number of carbonyl (C=O) groups is 2. The Morgan fingerprint density at radius 2 is 1.12 bits per heavy atom. The number of hydrogen-bond donors (Lipinski definition) is 0. The van der Waals surface area contributed by atoms with Gasteiger partial charge in [-0.05, 0) is 72.5 Å². The summed E-state index contributed by atoms with van der Waals surface area (Å²) >= 11 is 0. The summed E-state index contributed by atoms with van der Waals surface area (Å²) in [6.45, 7) is 2.53. The molecule has 0 bridgehead atoms. The van der Waals surface area contributed by atoms with Gasteiger partial charge < -0.3 is 28.3 Å². The Balaban J connectivity index is -0.00000800. The molecule has 0 aliphatic heterocycles. The summed E-state index contributed by atoms with van der Waals surface area (Å²) in [5.41, 5.74) is 0. The first-order valence-electron chi connectivity index (χ1n) is 13.7. The fraction of sp³-hybridized carbons (Fsp3) is 0.562. The van der Waals surface area contributed by atoms with Gasteiger partial charge in [0, 0.05) is 12.3 Å². The van der Waals surface area contributed by atoms with E-state index in [0.29, 0.717) is 6.42 Å². The molecule has 0 aromatic heterocycles. The van der Waals surface area contributed by atoms with E-state index in [9.17, 15) is 23.9 Å². The molecule has 8 nitrogen and oxygen atoms in total. The Morgan fingerprint density at radius 1 is 0.674 bits per heavy atom. The van der Waals surface area contributed by atoms with Gasteiger partial charge in [-0.25, -0.2) is 4.79 Å². The van der Waals surface area contributed by atoms with Gasteiger partial charge in [-0.15, -0.1) is 0 Å². The molecule has 0 saturated carbocycles.